The number of amides is 5. The molecule has 4 heterocycles. The first-order chi connectivity index (χ1) is 35.4. The summed E-state index contributed by atoms with van der Waals surface area (Å²) >= 11 is 12.7. The number of nitriles is 1. The fourth-order valence-electron chi connectivity index (χ4n) is 8.14. The number of piperazine rings is 1. The highest BCUT2D eigenvalue weighted by Crippen LogP contribution is 2.41. The Morgan fingerprint density at radius 2 is 1.52 bits per heavy atom. The van der Waals surface area contributed by atoms with E-state index in [4.69, 9.17) is 61.1 Å². The van der Waals surface area contributed by atoms with Crippen LogP contribution in [-0.2, 0) is 33.3 Å². The molecule has 3 aliphatic heterocycles. The number of hydrogen-bond acceptors (Lipinski definition) is 17. The molecule has 3 aromatic carbocycles. The summed E-state index contributed by atoms with van der Waals surface area (Å²) < 4.78 is 43.8. The van der Waals surface area contributed by atoms with Crippen LogP contribution in [-0.4, -0.2) is 169 Å². The van der Waals surface area contributed by atoms with Crippen molar-refractivity contribution in [2.45, 2.75) is 45.1 Å². The van der Waals surface area contributed by atoms with Gasteiger partial charge in [0.05, 0.1) is 111 Å². The Hall–Kier alpha value is -6.31. The number of imide groups is 2. The average Bonchev–Trinajstić information content (AvgIpc) is 3.65. The van der Waals surface area contributed by atoms with Gasteiger partial charge >= 0.3 is 0 Å². The van der Waals surface area contributed by atoms with Crippen molar-refractivity contribution < 1.29 is 61.9 Å². The molecule has 22 heteroatoms. The van der Waals surface area contributed by atoms with Crippen molar-refractivity contribution in [3.63, 3.8) is 0 Å². The standard InChI is InChI=1S/C33H41Cl2N5O6.C18H20N2O7/c1-4-12-44-15-16-45-14-6-32(41)40-10-8-39(9-11-40)7-5-13-46-31-19-27-24(17-30(31)43-3)33(23(21-36)22-37-27)38-28-20-29(42-2)26(35)18-25(28)34;1-25-7-8-26-9-10-27-13-4-2-3-11-15(13)18(24)20(17(11)23)12-5-6-14(21)19-16(12)22/h17-20,22H,4-16H2,1-3H3,(H,37,38);2-4,12H,5-10H2,1H3,(H,19,21,22). The zero-order valence-electron chi connectivity index (χ0n) is 41.4. The maximum absolute atomic E-state index is 12.8. The number of halogens is 2. The molecule has 1 aromatic heterocycles. The summed E-state index contributed by atoms with van der Waals surface area (Å²) in [5, 5.41) is 16.6. The molecule has 0 radical (unpaired) electrons. The van der Waals surface area contributed by atoms with Crippen LogP contribution in [0.2, 0.25) is 10.0 Å². The number of nitrogens with zero attached hydrogens (tertiary/aromatic N) is 5. The lowest BCUT2D eigenvalue weighted by molar-refractivity contribution is -0.136. The largest absolute Gasteiger partial charge is 0.495 e. The van der Waals surface area contributed by atoms with E-state index in [9.17, 15) is 29.2 Å². The van der Waals surface area contributed by atoms with E-state index < -0.39 is 29.7 Å². The van der Waals surface area contributed by atoms with E-state index >= 15 is 0 Å². The smallest absolute Gasteiger partial charge is 0.266 e. The topological polar surface area (TPSA) is 230 Å². The number of hydrogen-bond donors (Lipinski definition) is 2. The summed E-state index contributed by atoms with van der Waals surface area (Å²) in [7, 11) is 4.66. The van der Waals surface area contributed by atoms with Crippen LogP contribution in [0.25, 0.3) is 10.9 Å². The van der Waals surface area contributed by atoms with Crippen LogP contribution in [0.5, 0.6) is 23.0 Å². The van der Waals surface area contributed by atoms with Crippen LogP contribution in [0.1, 0.15) is 65.3 Å². The Kier molecular flexibility index (Phi) is 21.6. The molecule has 2 saturated heterocycles. The van der Waals surface area contributed by atoms with Crippen molar-refractivity contribution in [1.29, 1.82) is 5.26 Å². The van der Waals surface area contributed by atoms with Gasteiger partial charge in [0, 0.05) is 76.6 Å². The third-order valence-electron chi connectivity index (χ3n) is 11.9. The predicted octanol–water partition coefficient (Wildman–Crippen LogP) is 6.05. The number of rotatable bonds is 25. The van der Waals surface area contributed by atoms with E-state index in [0.717, 1.165) is 44.0 Å². The van der Waals surface area contributed by atoms with Crippen molar-refractivity contribution in [2.24, 2.45) is 0 Å². The van der Waals surface area contributed by atoms with Crippen LogP contribution in [0.3, 0.4) is 0 Å². The fourth-order valence-corrected chi connectivity index (χ4v) is 8.65. The van der Waals surface area contributed by atoms with Gasteiger partial charge in [-0.2, -0.15) is 5.26 Å². The highest BCUT2D eigenvalue weighted by molar-refractivity contribution is 6.37. The molecule has 1 atom stereocenters. The third-order valence-corrected chi connectivity index (χ3v) is 12.5. The number of methoxy groups -OCH3 is 3. The SMILES string of the molecule is CCCOCCOCCC(=O)N1CCN(CCCOc2cc3ncc(C#N)c(Nc4cc(OC)c(Cl)cc4Cl)c3cc2OC)CC1.COCCOCCOc1cccc2c1C(=O)N(C1CCC(=O)NC1=O)C2=O. The van der Waals surface area contributed by atoms with Crippen molar-refractivity contribution >= 4 is 75.0 Å². The number of anilines is 2. The molecule has 0 bridgehead atoms. The summed E-state index contributed by atoms with van der Waals surface area (Å²) in [4.78, 5) is 71.1. The maximum atomic E-state index is 12.8. The van der Waals surface area contributed by atoms with Gasteiger partial charge in [0.1, 0.15) is 30.2 Å². The Labute approximate surface area is 433 Å². The minimum Gasteiger partial charge on any atom is -0.495 e. The van der Waals surface area contributed by atoms with Crippen LogP contribution in [0, 0.1) is 11.3 Å². The number of carbonyl (C=O) groups excluding carboxylic acids is 5. The van der Waals surface area contributed by atoms with Crippen molar-refractivity contribution in [1.82, 2.24) is 25.0 Å². The molecule has 73 heavy (non-hydrogen) atoms. The van der Waals surface area contributed by atoms with Gasteiger partial charge in [0.15, 0.2) is 11.5 Å². The van der Waals surface area contributed by atoms with E-state index in [1.165, 1.54) is 19.4 Å². The zero-order chi connectivity index (χ0) is 52.3. The molecular formula is C51H61Cl2N7O13. The molecular weight excluding hydrogens is 990 g/mol. The van der Waals surface area contributed by atoms with Gasteiger partial charge in [-0.15, -0.1) is 0 Å². The van der Waals surface area contributed by atoms with E-state index in [1.807, 2.05) is 4.90 Å². The predicted molar refractivity (Wildman–Crippen MR) is 270 cm³/mol. The summed E-state index contributed by atoms with van der Waals surface area (Å²) in [6.07, 6.45) is 3.87. The zero-order valence-corrected chi connectivity index (χ0v) is 42.9. The molecule has 2 N–H and O–H groups in total. The molecule has 1 unspecified atom stereocenters. The lowest BCUT2D eigenvalue weighted by atomic mass is 10.0. The number of benzene rings is 3. The van der Waals surface area contributed by atoms with Crippen molar-refractivity contribution in [3.8, 4) is 29.1 Å². The first-order valence-electron chi connectivity index (χ1n) is 24.0. The van der Waals surface area contributed by atoms with Crippen molar-refractivity contribution in [3.05, 3.63) is 75.4 Å². The molecule has 3 aliphatic rings. The summed E-state index contributed by atoms with van der Waals surface area (Å²) in [6.45, 7) is 10.1. The lowest BCUT2D eigenvalue weighted by Crippen LogP contribution is -2.54. The summed E-state index contributed by atoms with van der Waals surface area (Å²) in [5.74, 6) is -0.316. The molecule has 7 rings (SSSR count). The fraction of sp³-hybridized carbons (Fsp3) is 0.471. The lowest BCUT2D eigenvalue weighted by Gasteiger charge is -2.34. The second-order valence-corrected chi connectivity index (χ2v) is 17.6. The van der Waals surface area contributed by atoms with Gasteiger partial charge in [0.25, 0.3) is 11.8 Å². The van der Waals surface area contributed by atoms with Crippen LogP contribution in [0.15, 0.2) is 48.7 Å². The monoisotopic (exact) mass is 1050 g/mol. The number of pyridine rings is 1. The number of nitrogens with one attached hydrogen (secondary N) is 2. The second-order valence-electron chi connectivity index (χ2n) is 16.7. The minimum atomic E-state index is -1.000. The summed E-state index contributed by atoms with van der Waals surface area (Å²) in [6, 6.07) is 12.8. The highest BCUT2D eigenvalue weighted by Gasteiger charge is 2.46. The maximum Gasteiger partial charge on any atom is 0.266 e. The molecule has 0 aliphatic carbocycles. The van der Waals surface area contributed by atoms with Gasteiger partial charge in [-0.25, -0.2) is 0 Å². The molecule has 2 fully saturated rings. The Bertz CT molecular complexity index is 2630. The van der Waals surface area contributed by atoms with Gasteiger partial charge in [-0.05, 0) is 43.5 Å². The number of ether oxygens (including phenoxy) is 8. The number of piperidine rings is 1. The first-order valence-corrected chi connectivity index (χ1v) is 24.7. The van der Waals surface area contributed by atoms with Gasteiger partial charge in [0.2, 0.25) is 17.7 Å². The highest BCUT2D eigenvalue weighted by atomic mass is 35.5. The van der Waals surface area contributed by atoms with E-state index in [1.54, 1.807) is 50.6 Å². The molecule has 0 saturated carbocycles. The van der Waals surface area contributed by atoms with Crippen LogP contribution >= 0.6 is 23.2 Å². The normalized spacial score (nSPS) is 15.6. The summed E-state index contributed by atoms with van der Waals surface area (Å²) in [5.41, 5.74) is 2.30. The first kappa shape index (κ1) is 56.0. The molecule has 4 aromatic rings. The minimum absolute atomic E-state index is 0.0754. The Morgan fingerprint density at radius 1 is 0.808 bits per heavy atom. The Balaban J connectivity index is 0.000000272. The molecule has 20 nitrogen and oxygen atoms in total. The Morgan fingerprint density at radius 3 is 2.23 bits per heavy atom. The molecule has 5 amide bonds. The third kappa shape index (κ3) is 14.9. The van der Waals surface area contributed by atoms with Crippen molar-refractivity contribution in [2.75, 3.05) is 119 Å². The average molecular weight is 1050 g/mol. The molecule has 392 valence electrons. The van der Waals surface area contributed by atoms with Gasteiger partial charge in [-0.3, -0.25) is 44.1 Å². The number of carbonyl (C=O) groups is 5. The van der Waals surface area contributed by atoms with Crippen LogP contribution in [0.4, 0.5) is 11.4 Å². The quantitative estimate of drug-likeness (QED) is 0.0568. The van der Waals surface area contributed by atoms with E-state index in [2.05, 4.69) is 33.5 Å². The molecule has 0 spiro atoms. The van der Waals surface area contributed by atoms with Gasteiger partial charge < -0.3 is 48.1 Å². The van der Waals surface area contributed by atoms with Gasteiger partial charge in [-0.1, -0.05) is 36.2 Å². The van der Waals surface area contributed by atoms with E-state index in [-0.39, 0.29) is 42.2 Å². The van der Waals surface area contributed by atoms with E-state index in [0.29, 0.717) is 121 Å². The number of aromatic nitrogens is 1. The van der Waals surface area contributed by atoms with Crippen LogP contribution < -0.4 is 29.6 Å². The number of fused-ring (bicyclic) bond motifs is 2. The second kappa shape index (κ2) is 28.2.